The van der Waals surface area contributed by atoms with E-state index in [0.29, 0.717) is 43.7 Å². The molecule has 9 heteroatoms. The number of sulfonamides is 1. The van der Waals surface area contributed by atoms with E-state index in [0.717, 1.165) is 24.1 Å². The Morgan fingerprint density at radius 1 is 1.24 bits per heavy atom. The molecule has 0 unspecified atom stereocenters. The number of nitrogens with one attached hydrogen (secondary N) is 1. The maximum Gasteiger partial charge on any atom is 0.252 e. The van der Waals surface area contributed by atoms with Gasteiger partial charge in [0.25, 0.3) is 10.0 Å². The third kappa shape index (κ3) is 6.34. The SMILES string of the molecule is COCCOCCCNC(=O)Cc1ccc(S(=O)(=O)N2CCCC2)s1. The summed E-state index contributed by atoms with van der Waals surface area (Å²) in [7, 11) is -1.77. The van der Waals surface area contributed by atoms with Crippen molar-refractivity contribution >= 4 is 27.3 Å². The smallest absolute Gasteiger partial charge is 0.252 e. The second-order valence-electron chi connectivity index (χ2n) is 5.82. The van der Waals surface area contributed by atoms with Gasteiger partial charge in [0.2, 0.25) is 5.91 Å². The molecule has 1 fully saturated rings. The van der Waals surface area contributed by atoms with Gasteiger partial charge in [-0.25, -0.2) is 8.42 Å². The summed E-state index contributed by atoms with van der Waals surface area (Å²) in [5.41, 5.74) is 0. The van der Waals surface area contributed by atoms with Gasteiger partial charge in [-0.05, 0) is 31.4 Å². The van der Waals surface area contributed by atoms with Crippen molar-refractivity contribution in [2.24, 2.45) is 0 Å². The molecule has 0 saturated carbocycles. The molecule has 1 aromatic rings. The second kappa shape index (κ2) is 10.2. The van der Waals surface area contributed by atoms with E-state index in [9.17, 15) is 13.2 Å². The normalized spacial score (nSPS) is 15.6. The summed E-state index contributed by atoms with van der Waals surface area (Å²) in [6.07, 6.45) is 2.75. The molecule has 2 heterocycles. The summed E-state index contributed by atoms with van der Waals surface area (Å²) in [5, 5.41) is 2.82. The van der Waals surface area contributed by atoms with Crippen LogP contribution in [0.5, 0.6) is 0 Å². The van der Waals surface area contributed by atoms with E-state index in [1.807, 2.05) is 0 Å². The lowest BCUT2D eigenvalue weighted by molar-refractivity contribution is -0.120. The van der Waals surface area contributed by atoms with Gasteiger partial charge in [0, 0.05) is 38.2 Å². The Kier molecular flexibility index (Phi) is 8.31. The van der Waals surface area contributed by atoms with Gasteiger partial charge in [0.15, 0.2) is 0 Å². The third-order valence-electron chi connectivity index (χ3n) is 3.85. The highest BCUT2D eigenvalue weighted by atomic mass is 32.2. The predicted octanol–water partition coefficient (Wildman–Crippen LogP) is 1.24. The molecule has 1 saturated heterocycles. The van der Waals surface area contributed by atoms with Gasteiger partial charge in [0.05, 0.1) is 19.6 Å². The quantitative estimate of drug-likeness (QED) is 0.575. The lowest BCUT2D eigenvalue weighted by Gasteiger charge is -2.13. The number of carbonyl (C=O) groups excluding carboxylic acids is 1. The maximum atomic E-state index is 12.5. The Balaban J connectivity index is 1.72. The number of methoxy groups -OCH3 is 1. The van der Waals surface area contributed by atoms with Crippen LogP contribution in [0.25, 0.3) is 0 Å². The van der Waals surface area contributed by atoms with Crippen LogP contribution in [-0.2, 0) is 30.7 Å². The van der Waals surface area contributed by atoms with Gasteiger partial charge in [-0.3, -0.25) is 4.79 Å². The first kappa shape index (κ1) is 20.3. The van der Waals surface area contributed by atoms with Crippen LogP contribution in [0.1, 0.15) is 24.1 Å². The number of carbonyl (C=O) groups is 1. The highest BCUT2D eigenvalue weighted by molar-refractivity contribution is 7.91. The molecule has 2 rings (SSSR count). The monoisotopic (exact) mass is 390 g/mol. The average molecular weight is 391 g/mol. The van der Waals surface area contributed by atoms with Gasteiger partial charge in [-0.2, -0.15) is 4.31 Å². The van der Waals surface area contributed by atoms with E-state index in [1.165, 1.54) is 15.6 Å². The average Bonchev–Trinajstić information content (AvgIpc) is 3.26. The minimum atomic E-state index is -3.39. The fourth-order valence-corrected chi connectivity index (χ4v) is 5.54. The summed E-state index contributed by atoms with van der Waals surface area (Å²) in [4.78, 5) is 12.7. The zero-order valence-corrected chi connectivity index (χ0v) is 16.2. The first-order chi connectivity index (χ1) is 12.0. The number of hydrogen-bond acceptors (Lipinski definition) is 6. The van der Waals surface area contributed by atoms with E-state index in [2.05, 4.69) is 5.32 Å². The zero-order chi connectivity index (χ0) is 18.1. The Labute approximate surface area is 153 Å². The minimum absolute atomic E-state index is 0.108. The fraction of sp³-hybridized carbons (Fsp3) is 0.688. The molecule has 0 atom stereocenters. The van der Waals surface area contributed by atoms with Gasteiger partial charge in [-0.1, -0.05) is 0 Å². The fourth-order valence-electron chi connectivity index (χ4n) is 2.51. The molecular weight excluding hydrogens is 364 g/mol. The van der Waals surface area contributed by atoms with Crippen molar-refractivity contribution in [2.75, 3.05) is 46.6 Å². The van der Waals surface area contributed by atoms with E-state index in [1.54, 1.807) is 19.2 Å². The van der Waals surface area contributed by atoms with Crippen LogP contribution in [0, 0.1) is 0 Å². The molecule has 1 N–H and O–H groups in total. The van der Waals surface area contributed by atoms with Crippen LogP contribution < -0.4 is 5.32 Å². The van der Waals surface area contributed by atoms with Crippen LogP contribution in [0.3, 0.4) is 0 Å². The molecule has 142 valence electrons. The Morgan fingerprint density at radius 3 is 2.72 bits per heavy atom. The summed E-state index contributed by atoms with van der Waals surface area (Å²) in [5.74, 6) is -0.108. The summed E-state index contributed by atoms with van der Waals surface area (Å²) < 4.78 is 37.0. The number of amides is 1. The predicted molar refractivity (Wildman–Crippen MR) is 96.3 cm³/mol. The van der Waals surface area contributed by atoms with Crippen LogP contribution >= 0.6 is 11.3 Å². The van der Waals surface area contributed by atoms with E-state index < -0.39 is 10.0 Å². The molecule has 0 radical (unpaired) electrons. The first-order valence-corrected chi connectivity index (χ1v) is 10.7. The molecule has 1 amide bonds. The lowest BCUT2D eigenvalue weighted by Crippen LogP contribution is -2.27. The molecule has 1 aliphatic rings. The Hall–Kier alpha value is -1.00. The Morgan fingerprint density at radius 2 is 2.00 bits per heavy atom. The highest BCUT2D eigenvalue weighted by Gasteiger charge is 2.28. The number of ether oxygens (including phenoxy) is 2. The topological polar surface area (TPSA) is 84.9 Å². The van der Waals surface area contributed by atoms with Crippen LogP contribution in [0.15, 0.2) is 16.3 Å². The number of nitrogens with zero attached hydrogens (tertiary/aromatic N) is 1. The molecule has 0 spiro atoms. The molecular formula is C16H26N2O5S2. The summed E-state index contributed by atoms with van der Waals surface area (Å²) in [6, 6.07) is 3.33. The number of rotatable bonds is 11. The largest absolute Gasteiger partial charge is 0.382 e. The number of hydrogen-bond donors (Lipinski definition) is 1. The first-order valence-electron chi connectivity index (χ1n) is 8.46. The zero-order valence-electron chi connectivity index (χ0n) is 14.5. The van der Waals surface area contributed by atoms with Gasteiger partial charge in [0.1, 0.15) is 4.21 Å². The van der Waals surface area contributed by atoms with Crippen LogP contribution in [0.2, 0.25) is 0 Å². The molecule has 1 aromatic heterocycles. The Bertz CT molecular complexity index is 639. The molecule has 25 heavy (non-hydrogen) atoms. The van der Waals surface area contributed by atoms with Crippen molar-refractivity contribution in [3.05, 3.63) is 17.0 Å². The van der Waals surface area contributed by atoms with Crippen molar-refractivity contribution in [1.29, 1.82) is 0 Å². The van der Waals surface area contributed by atoms with Crippen LogP contribution in [-0.4, -0.2) is 65.2 Å². The summed E-state index contributed by atoms with van der Waals surface area (Å²) in [6.45, 7) is 3.39. The molecule has 0 aromatic carbocycles. The highest BCUT2D eigenvalue weighted by Crippen LogP contribution is 2.27. The third-order valence-corrected chi connectivity index (χ3v) is 7.30. The molecule has 7 nitrogen and oxygen atoms in total. The maximum absolute atomic E-state index is 12.5. The van der Waals surface area contributed by atoms with E-state index >= 15 is 0 Å². The lowest BCUT2D eigenvalue weighted by atomic mass is 10.3. The van der Waals surface area contributed by atoms with E-state index in [4.69, 9.17) is 9.47 Å². The van der Waals surface area contributed by atoms with Gasteiger partial charge >= 0.3 is 0 Å². The van der Waals surface area contributed by atoms with Crippen molar-refractivity contribution < 1.29 is 22.7 Å². The van der Waals surface area contributed by atoms with Crippen LogP contribution in [0.4, 0.5) is 0 Å². The van der Waals surface area contributed by atoms with Crippen molar-refractivity contribution in [1.82, 2.24) is 9.62 Å². The molecule has 0 aliphatic carbocycles. The van der Waals surface area contributed by atoms with Crippen molar-refractivity contribution in [3.63, 3.8) is 0 Å². The standard InChI is InChI=1S/C16H26N2O5S2/c1-22-11-12-23-10-4-7-17-15(19)13-14-5-6-16(24-14)25(20,21)18-8-2-3-9-18/h5-6H,2-4,7-13H2,1H3,(H,17,19). The van der Waals surface area contributed by atoms with Gasteiger partial charge < -0.3 is 14.8 Å². The second-order valence-corrected chi connectivity index (χ2v) is 9.15. The van der Waals surface area contributed by atoms with Crippen molar-refractivity contribution in [3.8, 4) is 0 Å². The van der Waals surface area contributed by atoms with E-state index in [-0.39, 0.29) is 12.3 Å². The molecule has 0 bridgehead atoms. The number of thiophene rings is 1. The minimum Gasteiger partial charge on any atom is -0.382 e. The summed E-state index contributed by atoms with van der Waals surface area (Å²) >= 11 is 1.18. The van der Waals surface area contributed by atoms with Gasteiger partial charge in [-0.15, -0.1) is 11.3 Å². The van der Waals surface area contributed by atoms with Crippen molar-refractivity contribution in [2.45, 2.75) is 29.9 Å². The molecule has 1 aliphatic heterocycles.